The van der Waals surface area contributed by atoms with Gasteiger partial charge in [0.25, 0.3) is 0 Å². The van der Waals surface area contributed by atoms with Crippen molar-refractivity contribution in [2.45, 2.75) is 19.0 Å². The van der Waals surface area contributed by atoms with Crippen LogP contribution in [-0.4, -0.2) is 41.2 Å². The maximum Gasteiger partial charge on any atom is 0.380 e. The number of esters is 1. The first kappa shape index (κ1) is 12.7. The lowest BCUT2D eigenvalue weighted by Gasteiger charge is -2.17. The molecule has 0 spiro atoms. The van der Waals surface area contributed by atoms with Crippen LogP contribution in [0.25, 0.3) is 0 Å². The molecule has 0 saturated carbocycles. The molecule has 1 unspecified atom stereocenters. The van der Waals surface area contributed by atoms with Crippen LogP contribution in [0.15, 0.2) is 0 Å². The molecule has 0 aromatic carbocycles. The number of nitrogens with zero attached hydrogens (tertiary/aromatic N) is 1. The predicted molar refractivity (Wildman–Crippen MR) is 39.4 cm³/mol. The van der Waals surface area contributed by atoms with Gasteiger partial charge in [-0.15, -0.1) is 0 Å². The normalized spacial score (nSPS) is 13.4. The molecule has 0 saturated heterocycles. The van der Waals surface area contributed by atoms with Crippen LogP contribution in [-0.2, 0) is 9.53 Å². The van der Waals surface area contributed by atoms with E-state index < -0.39 is 29.5 Å². The molecule has 14 heavy (non-hydrogen) atoms. The number of nitro groups is 1. The summed E-state index contributed by atoms with van der Waals surface area (Å²) in [5.41, 5.74) is 0. The van der Waals surface area contributed by atoms with Gasteiger partial charge in [-0.1, -0.05) is 0 Å². The minimum atomic E-state index is -4.25. The van der Waals surface area contributed by atoms with Crippen molar-refractivity contribution in [3.8, 4) is 0 Å². The van der Waals surface area contributed by atoms with Crippen LogP contribution in [0.3, 0.4) is 0 Å². The number of hydrogen-bond donors (Lipinski definition) is 1. The van der Waals surface area contributed by atoms with Crippen molar-refractivity contribution in [1.29, 1.82) is 0 Å². The second-order valence-electron chi connectivity index (χ2n) is 2.37. The summed E-state index contributed by atoms with van der Waals surface area (Å²) in [6.45, 7) is -0.403. The van der Waals surface area contributed by atoms with E-state index in [4.69, 9.17) is 5.11 Å². The Kier molecular flexibility index (Phi) is 4.35. The van der Waals surface area contributed by atoms with Gasteiger partial charge in [0.05, 0.1) is 6.61 Å². The number of aliphatic hydroxyl groups is 1. The van der Waals surface area contributed by atoms with Crippen LogP contribution >= 0.6 is 0 Å². The van der Waals surface area contributed by atoms with Gasteiger partial charge in [-0.2, -0.15) is 8.78 Å². The Balaban J connectivity index is 4.42. The van der Waals surface area contributed by atoms with Gasteiger partial charge < -0.3 is 9.84 Å². The highest BCUT2D eigenvalue weighted by Gasteiger charge is 2.50. The van der Waals surface area contributed by atoms with Crippen LogP contribution in [0.4, 0.5) is 8.78 Å². The van der Waals surface area contributed by atoms with E-state index in [-0.39, 0.29) is 6.61 Å². The first-order valence-electron chi connectivity index (χ1n) is 3.67. The molecule has 0 fully saturated rings. The Labute approximate surface area is 77.6 Å². The van der Waals surface area contributed by atoms with Crippen LogP contribution in [0.1, 0.15) is 6.92 Å². The van der Waals surface area contributed by atoms with Crippen molar-refractivity contribution < 1.29 is 28.3 Å². The van der Waals surface area contributed by atoms with Gasteiger partial charge in [0, 0.05) is 4.92 Å². The zero-order valence-electron chi connectivity index (χ0n) is 7.27. The molecule has 0 rings (SSSR count). The Morgan fingerprint density at radius 2 is 2.21 bits per heavy atom. The van der Waals surface area contributed by atoms with Crippen LogP contribution in [0.2, 0.25) is 0 Å². The molecule has 8 heteroatoms. The van der Waals surface area contributed by atoms with E-state index in [2.05, 4.69) is 4.74 Å². The molecule has 0 heterocycles. The van der Waals surface area contributed by atoms with Gasteiger partial charge in [-0.3, -0.25) is 10.1 Å². The lowest BCUT2D eigenvalue weighted by atomic mass is 10.2. The van der Waals surface area contributed by atoms with Crippen molar-refractivity contribution in [1.82, 2.24) is 0 Å². The molecule has 0 aromatic rings. The third kappa shape index (κ3) is 3.21. The summed E-state index contributed by atoms with van der Waals surface area (Å²) < 4.78 is 29.4. The monoisotopic (exact) mass is 213 g/mol. The minimum absolute atomic E-state index is 0.292. The van der Waals surface area contributed by atoms with E-state index in [0.29, 0.717) is 0 Å². The van der Waals surface area contributed by atoms with Gasteiger partial charge in [-0.05, 0) is 6.92 Å². The summed E-state index contributed by atoms with van der Waals surface area (Å²) in [6.07, 6.45) is -2.67. The molecule has 0 amide bonds. The van der Waals surface area contributed by atoms with Crippen molar-refractivity contribution in [3.63, 3.8) is 0 Å². The molecule has 0 aliphatic heterocycles. The Bertz CT molecular complexity index is 232. The molecule has 0 radical (unpaired) electrons. The third-order valence-electron chi connectivity index (χ3n) is 1.29. The first-order valence-corrected chi connectivity index (χ1v) is 3.67. The fraction of sp³-hybridized carbons (Fsp3) is 0.833. The highest BCUT2D eigenvalue weighted by molar-refractivity contribution is 5.78. The van der Waals surface area contributed by atoms with Gasteiger partial charge in [-0.25, -0.2) is 4.79 Å². The van der Waals surface area contributed by atoms with Gasteiger partial charge in [0.1, 0.15) is 0 Å². The second kappa shape index (κ2) is 4.80. The number of halogens is 2. The average molecular weight is 213 g/mol. The molecular weight excluding hydrogens is 204 g/mol. The molecule has 0 aliphatic carbocycles. The number of aliphatic hydroxyl groups excluding tert-OH is 1. The number of rotatable bonds is 5. The SMILES string of the molecule is CCOC(=O)C(F)(F)C(O)C[N+](=O)[O-]. The third-order valence-corrected chi connectivity index (χ3v) is 1.29. The molecule has 1 atom stereocenters. The lowest BCUT2D eigenvalue weighted by Crippen LogP contribution is -2.46. The zero-order valence-corrected chi connectivity index (χ0v) is 7.27. The standard InChI is InChI=1S/C6H9F2NO5/c1-2-14-5(11)6(7,8)4(10)3-9(12)13/h4,10H,2-3H2,1H3. The second-order valence-corrected chi connectivity index (χ2v) is 2.37. The minimum Gasteiger partial charge on any atom is -0.461 e. The molecule has 0 aliphatic rings. The highest BCUT2D eigenvalue weighted by atomic mass is 19.3. The summed E-state index contributed by atoms with van der Waals surface area (Å²) in [5.74, 6) is -6.21. The topological polar surface area (TPSA) is 89.7 Å². The number of carbonyl (C=O) groups excluding carboxylic acids is 1. The van der Waals surface area contributed by atoms with Gasteiger partial charge in [0.15, 0.2) is 6.10 Å². The number of ether oxygens (including phenoxy) is 1. The molecular formula is C6H9F2NO5. The summed E-state index contributed by atoms with van der Waals surface area (Å²) in [5, 5.41) is 18.4. The molecule has 82 valence electrons. The Morgan fingerprint density at radius 3 is 2.57 bits per heavy atom. The lowest BCUT2D eigenvalue weighted by molar-refractivity contribution is -0.495. The van der Waals surface area contributed by atoms with E-state index in [1.165, 1.54) is 6.92 Å². The Morgan fingerprint density at radius 1 is 1.71 bits per heavy atom. The number of carbonyl (C=O) groups is 1. The summed E-state index contributed by atoms with van der Waals surface area (Å²) in [7, 11) is 0. The van der Waals surface area contributed by atoms with Crippen molar-refractivity contribution in [3.05, 3.63) is 10.1 Å². The quantitative estimate of drug-likeness (QED) is 0.388. The Hall–Kier alpha value is -1.31. The van der Waals surface area contributed by atoms with Gasteiger partial charge in [0.2, 0.25) is 6.54 Å². The smallest absolute Gasteiger partial charge is 0.380 e. The van der Waals surface area contributed by atoms with Crippen molar-refractivity contribution >= 4 is 5.97 Å². The molecule has 0 bridgehead atoms. The summed E-state index contributed by atoms with van der Waals surface area (Å²) in [4.78, 5) is 19.2. The maximum atomic E-state index is 12.7. The summed E-state index contributed by atoms with van der Waals surface area (Å²) >= 11 is 0. The molecule has 1 N–H and O–H groups in total. The van der Waals surface area contributed by atoms with Crippen LogP contribution in [0.5, 0.6) is 0 Å². The number of hydrogen-bond acceptors (Lipinski definition) is 5. The fourth-order valence-corrected chi connectivity index (χ4v) is 0.619. The average Bonchev–Trinajstić information content (AvgIpc) is 2.03. The first-order chi connectivity index (χ1) is 6.32. The molecule has 6 nitrogen and oxygen atoms in total. The maximum absolute atomic E-state index is 12.7. The van der Waals surface area contributed by atoms with E-state index in [1.807, 2.05) is 0 Å². The van der Waals surface area contributed by atoms with Crippen molar-refractivity contribution in [2.75, 3.05) is 13.2 Å². The summed E-state index contributed by atoms with van der Waals surface area (Å²) in [6, 6.07) is 0. The zero-order chi connectivity index (χ0) is 11.4. The molecule has 0 aromatic heterocycles. The van der Waals surface area contributed by atoms with Crippen LogP contribution < -0.4 is 0 Å². The van der Waals surface area contributed by atoms with Crippen LogP contribution in [0, 0.1) is 10.1 Å². The van der Waals surface area contributed by atoms with E-state index in [1.54, 1.807) is 0 Å². The predicted octanol–water partition coefficient (Wildman–Crippen LogP) is -0.178. The van der Waals surface area contributed by atoms with Crippen molar-refractivity contribution in [2.24, 2.45) is 0 Å². The largest absolute Gasteiger partial charge is 0.461 e. The fourth-order valence-electron chi connectivity index (χ4n) is 0.619. The number of alkyl halides is 2. The van der Waals surface area contributed by atoms with Gasteiger partial charge >= 0.3 is 11.9 Å². The van der Waals surface area contributed by atoms with E-state index in [9.17, 15) is 23.7 Å². The van der Waals surface area contributed by atoms with E-state index >= 15 is 0 Å². The highest BCUT2D eigenvalue weighted by Crippen LogP contribution is 2.20. The van der Waals surface area contributed by atoms with E-state index in [0.717, 1.165) is 0 Å².